The predicted octanol–water partition coefficient (Wildman–Crippen LogP) is -1.10. The van der Waals surface area contributed by atoms with Gasteiger partial charge in [-0.05, 0) is 26.7 Å². The average Bonchev–Trinajstić information content (AvgIpc) is 2.48. The number of nitrogens with zero attached hydrogens (tertiary/aromatic N) is 1. The number of rotatable bonds is 2. The van der Waals surface area contributed by atoms with Gasteiger partial charge in [-0.1, -0.05) is 0 Å². The second-order valence-corrected chi connectivity index (χ2v) is 6.71. The Morgan fingerprint density at radius 1 is 1.47 bits per heavy atom. The molecule has 2 aliphatic heterocycles. The van der Waals surface area contributed by atoms with E-state index >= 15 is 0 Å². The van der Waals surface area contributed by atoms with Crippen LogP contribution < -0.4 is 15.4 Å². The first-order chi connectivity index (χ1) is 8.79. The summed E-state index contributed by atoms with van der Waals surface area (Å²) in [6.07, 6.45) is 0.798. The molecule has 9 heteroatoms. The van der Waals surface area contributed by atoms with Gasteiger partial charge < -0.3 is 10.6 Å². The van der Waals surface area contributed by atoms with Crippen molar-refractivity contribution in [3.63, 3.8) is 0 Å². The first kappa shape index (κ1) is 14.1. The number of carbonyl (C=O) groups excluding carboxylic acids is 2. The van der Waals surface area contributed by atoms with E-state index < -0.39 is 22.2 Å². The van der Waals surface area contributed by atoms with Gasteiger partial charge in [0, 0.05) is 18.6 Å². The largest absolute Gasteiger partial charge is 0.336 e. The number of fused-ring (bicyclic) bond motifs is 1. The van der Waals surface area contributed by atoms with Gasteiger partial charge >= 0.3 is 16.2 Å². The lowest BCUT2D eigenvalue weighted by molar-refractivity contribution is -0.122. The van der Waals surface area contributed by atoms with Crippen molar-refractivity contribution in [1.82, 2.24) is 19.7 Å². The third kappa shape index (κ3) is 2.98. The van der Waals surface area contributed by atoms with Crippen LogP contribution in [-0.4, -0.2) is 49.3 Å². The second kappa shape index (κ2) is 4.97. The molecule has 108 valence electrons. The third-order valence-electron chi connectivity index (χ3n) is 3.15. The summed E-state index contributed by atoms with van der Waals surface area (Å²) in [5.41, 5.74) is 0. The van der Waals surface area contributed by atoms with E-state index in [1.54, 1.807) is 0 Å². The van der Waals surface area contributed by atoms with E-state index in [4.69, 9.17) is 0 Å². The monoisotopic (exact) mass is 290 g/mol. The van der Waals surface area contributed by atoms with E-state index in [1.165, 1.54) is 0 Å². The van der Waals surface area contributed by atoms with E-state index in [0.717, 1.165) is 4.31 Å². The van der Waals surface area contributed by atoms with E-state index in [0.29, 0.717) is 12.8 Å². The highest BCUT2D eigenvalue weighted by Gasteiger charge is 2.47. The number of amides is 3. The number of urea groups is 1. The molecule has 0 aliphatic carbocycles. The summed E-state index contributed by atoms with van der Waals surface area (Å²) < 4.78 is 26.3. The SMILES string of the molecule is CC(C)NC(=O)NC1CCN2C(C1)C(=O)NS2(=O)=O. The Labute approximate surface area is 112 Å². The third-order valence-corrected chi connectivity index (χ3v) is 4.66. The molecule has 8 nitrogen and oxygen atoms in total. The van der Waals surface area contributed by atoms with Gasteiger partial charge in [0.25, 0.3) is 5.91 Å². The van der Waals surface area contributed by atoms with Gasteiger partial charge in [0.1, 0.15) is 6.04 Å². The van der Waals surface area contributed by atoms with Crippen molar-refractivity contribution in [2.45, 2.75) is 44.8 Å². The van der Waals surface area contributed by atoms with Crippen molar-refractivity contribution in [2.24, 2.45) is 0 Å². The minimum Gasteiger partial charge on any atom is -0.336 e. The van der Waals surface area contributed by atoms with Gasteiger partial charge in [-0.25, -0.2) is 9.52 Å². The summed E-state index contributed by atoms with van der Waals surface area (Å²) in [5, 5.41) is 5.45. The summed E-state index contributed by atoms with van der Waals surface area (Å²) in [6, 6.07) is -1.17. The molecular weight excluding hydrogens is 272 g/mol. The van der Waals surface area contributed by atoms with Gasteiger partial charge in [0.15, 0.2) is 0 Å². The zero-order chi connectivity index (χ0) is 14.2. The highest BCUT2D eigenvalue weighted by molar-refractivity contribution is 7.88. The van der Waals surface area contributed by atoms with Crippen LogP contribution in [0.4, 0.5) is 4.79 Å². The first-order valence-corrected chi connectivity index (χ1v) is 7.64. The molecule has 3 amide bonds. The molecule has 2 rings (SSSR count). The summed E-state index contributed by atoms with van der Waals surface area (Å²) in [7, 11) is -3.66. The van der Waals surface area contributed by atoms with Gasteiger partial charge in [0.05, 0.1) is 0 Å². The molecule has 0 bridgehead atoms. The molecule has 2 aliphatic rings. The lowest BCUT2D eigenvalue weighted by Gasteiger charge is -2.31. The molecule has 2 heterocycles. The molecule has 0 spiro atoms. The highest BCUT2D eigenvalue weighted by atomic mass is 32.2. The highest BCUT2D eigenvalue weighted by Crippen LogP contribution is 2.24. The zero-order valence-electron chi connectivity index (χ0n) is 10.8. The topological polar surface area (TPSA) is 108 Å². The fourth-order valence-electron chi connectivity index (χ4n) is 2.34. The molecule has 0 saturated carbocycles. The summed E-state index contributed by atoms with van der Waals surface area (Å²) in [6.45, 7) is 3.93. The number of carbonyl (C=O) groups is 2. The van der Waals surface area contributed by atoms with Crippen molar-refractivity contribution in [1.29, 1.82) is 0 Å². The molecule has 2 saturated heterocycles. The van der Waals surface area contributed by atoms with E-state index in [1.807, 2.05) is 18.6 Å². The Bertz CT molecular complexity index is 490. The Morgan fingerprint density at radius 2 is 2.16 bits per heavy atom. The van der Waals surface area contributed by atoms with Crippen LogP contribution in [0, 0.1) is 0 Å². The summed E-state index contributed by atoms with van der Waals surface area (Å²) in [5.74, 6) is -0.518. The second-order valence-electron chi connectivity index (χ2n) is 5.09. The maximum atomic E-state index is 11.6. The van der Waals surface area contributed by atoms with Crippen LogP contribution in [0.15, 0.2) is 0 Å². The molecular formula is C10H18N4O4S. The molecule has 0 aromatic heterocycles. The lowest BCUT2D eigenvalue weighted by Crippen LogP contribution is -2.52. The molecule has 2 atom stereocenters. The van der Waals surface area contributed by atoms with E-state index in [9.17, 15) is 18.0 Å². The minimum absolute atomic E-state index is 0.0234. The molecule has 2 unspecified atom stereocenters. The molecule has 0 radical (unpaired) electrons. The van der Waals surface area contributed by atoms with Gasteiger partial charge in [0.2, 0.25) is 0 Å². The lowest BCUT2D eigenvalue weighted by atomic mass is 9.99. The molecule has 0 aromatic carbocycles. The molecule has 19 heavy (non-hydrogen) atoms. The number of nitrogens with one attached hydrogen (secondary N) is 3. The average molecular weight is 290 g/mol. The molecule has 3 N–H and O–H groups in total. The Morgan fingerprint density at radius 3 is 2.79 bits per heavy atom. The Balaban J connectivity index is 1.96. The molecule has 2 fully saturated rings. The van der Waals surface area contributed by atoms with Crippen molar-refractivity contribution in [3.05, 3.63) is 0 Å². The summed E-state index contributed by atoms with van der Waals surface area (Å²) >= 11 is 0. The van der Waals surface area contributed by atoms with Crippen molar-refractivity contribution in [2.75, 3.05) is 6.54 Å². The number of piperidine rings is 1. The first-order valence-electron chi connectivity index (χ1n) is 6.20. The predicted molar refractivity (Wildman–Crippen MR) is 67.4 cm³/mol. The fourth-order valence-corrected chi connectivity index (χ4v) is 3.71. The smallest absolute Gasteiger partial charge is 0.315 e. The van der Waals surface area contributed by atoms with Crippen LogP contribution in [0.1, 0.15) is 26.7 Å². The van der Waals surface area contributed by atoms with Gasteiger partial charge in [-0.2, -0.15) is 12.7 Å². The zero-order valence-corrected chi connectivity index (χ0v) is 11.7. The summed E-state index contributed by atoms with van der Waals surface area (Å²) in [4.78, 5) is 23.1. The fraction of sp³-hybridized carbons (Fsp3) is 0.800. The number of hydrogen-bond donors (Lipinski definition) is 3. The van der Waals surface area contributed by atoms with Crippen LogP contribution in [0.25, 0.3) is 0 Å². The minimum atomic E-state index is -3.66. The van der Waals surface area contributed by atoms with Crippen LogP contribution in [0.3, 0.4) is 0 Å². The Kier molecular flexibility index (Phi) is 3.68. The maximum Gasteiger partial charge on any atom is 0.315 e. The van der Waals surface area contributed by atoms with Crippen LogP contribution in [0.5, 0.6) is 0 Å². The standard InChI is InChI=1S/C10H18N4O4S/c1-6(2)11-10(16)12-7-3-4-14-8(5-7)9(15)13-19(14,17)18/h6-8H,3-5H2,1-2H3,(H,13,15)(H2,11,12,16). The van der Waals surface area contributed by atoms with Crippen LogP contribution in [-0.2, 0) is 15.0 Å². The van der Waals surface area contributed by atoms with Crippen molar-refractivity contribution < 1.29 is 18.0 Å². The van der Waals surface area contributed by atoms with E-state index in [2.05, 4.69) is 10.6 Å². The van der Waals surface area contributed by atoms with Crippen LogP contribution in [0.2, 0.25) is 0 Å². The van der Waals surface area contributed by atoms with E-state index in [-0.39, 0.29) is 24.7 Å². The normalized spacial score (nSPS) is 29.7. The van der Waals surface area contributed by atoms with Gasteiger partial charge in [-0.3, -0.25) is 4.79 Å². The Hall–Kier alpha value is -1.35. The quantitative estimate of drug-likeness (QED) is 0.600. The van der Waals surface area contributed by atoms with Crippen LogP contribution >= 0.6 is 0 Å². The van der Waals surface area contributed by atoms with Gasteiger partial charge in [-0.15, -0.1) is 0 Å². The van der Waals surface area contributed by atoms with Crippen molar-refractivity contribution >= 4 is 22.1 Å². The number of hydrogen-bond acceptors (Lipinski definition) is 4. The maximum absolute atomic E-state index is 11.6. The molecule has 0 aromatic rings. The van der Waals surface area contributed by atoms with Crippen molar-refractivity contribution in [3.8, 4) is 0 Å².